The molecule has 25 heavy (non-hydrogen) atoms. The number of nitrogens with zero attached hydrogens (tertiary/aromatic N) is 1. The van der Waals surface area contributed by atoms with Crippen LogP contribution in [0.15, 0.2) is 35.2 Å². The van der Waals surface area contributed by atoms with Gasteiger partial charge < -0.3 is 10.6 Å². The second-order valence-electron chi connectivity index (χ2n) is 6.44. The van der Waals surface area contributed by atoms with Crippen molar-refractivity contribution in [3.8, 4) is 0 Å². The Morgan fingerprint density at radius 1 is 1.20 bits per heavy atom. The van der Waals surface area contributed by atoms with E-state index in [1.54, 1.807) is 11.8 Å². The summed E-state index contributed by atoms with van der Waals surface area (Å²) in [7, 11) is 0. The van der Waals surface area contributed by atoms with Crippen LogP contribution in [0.25, 0.3) is 0 Å². The van der Waals surface area contributed by atoms with E-state index in [1.807, 2.05) is 30.3 Å². The first-order valence-corrected chi connectivity index (χ1v) is 9.68. The third-order valence-electron chi connectivity index (χ3n) is 4.70. The predicted molar refractivity (Wildman–Crippen MR) is 96.2 cm³/mol. The zero-order valence-corrected chi connectivity index (χ0v) is 14.9. The third kappa shape index (κ3) is 4.15. The lowest BCUT2D eigenvalue weighted by Crippen LogP contribution is -2.44. The fraction of sp³-hybridized carbons (Fsp3) is 0.500. The first kappa shape index (κ1) is 17.8. The SMILES string of the molecule is O=C(CCN1C(=O)NC2(CCCC2)C1=O)NCCSc1ccccc1. The lowest BCUT2D eigenvalue weighted by molar-refractivity contribution is -0.131. The number of urea groups is 1. The first-order chi connectivity index (χ1) is 12.1. The molecule has 1 aliphatic carbocycles. The second-order valence-corrected chi connectivity index (χ2v) is 7.61. The van der Waals surface area contributed by atoms with Gasteiger partial charge in [0.05, 0.1) is 0 Å². The van der Waals surface area contributed by atoms with Crippen molar-refractivity contribution >= 4 is 29.6 Å². The lowest BCUT2D eigenvalue weighted by Gasteiger charge is -2.19. The van der Waals surface area contributed by atoms with Gasteiger partial charge in [-0.2, -0.15) is 0 Å². The largest absolute Gasteiger partial charge is 0.355 e. The summed E-state index contributed by atoms with van der Waals surface area (Å²) in [5, 5.41) is 5.66. The summed E-state index contributed by atoms with van der Waals surface area (Å²) in [5.41, 5.74) is -0.695. The van der Waals surface area contributed by atoms with Gasteiger partial charge in [-0.05, 0) is 25.0 Å². The number of nitrogens with one attached hydrogen (secondary N) is 2. The van der Waals surface area contributed by atoms with Gasteiger partial charge in [-0.1, -0.05) is 31.0 Å². The average molecular weight is 361 g/mol. The maximum Gasteiger partial charge on any atom is 0.325 e. The average Bonchev–Trinajstić information content (AvgIpc) is 3.17. The van der Waals surface area contributed by atoms with Crippen molar-refractivity contribution < 1.29 is 14.4 Å². The number of carbonyl (C=O) groups excluding carboxylic acids is 3. The normalized spacial score (nSPS) is 18.6. The number of rotatable bonds is 7. The van der Waals surface area contributed by atoms with Crippen LogP contribution < -0.4 is 10.6 Å². The molecular formula is C18H23N3O3S. The standard InChI is InChI=1S/C18H23N3O3S/c22-15(19-11-13-25-14-6-2-1-3-7-14)8-12-21-16(23)18(20-17(21)24)9-4-5-10-18/h1-3,6-7H,4-5,8-13H2,(H,19,22)(H,20,24). The summed E-state index contributed by atoms with van der Waals surface area (Å²) < 4.78 is 0. The number of amides is 4. The molecule has 0 bridgehead atoms. The molecule has 1 spiro atoms. The first-order valence-electron chi connectivity index (χ1n) is 8.69. The van der Waals surface area contributed by atoms with Crippen molar-refractivity contribution in [2.24, 2.45) is 0 Å². The number of hydrogen-bond acceptors (Lipinski definition) is 4. The van der Waals surface area contributed by atoms with Gasteiger partial charge in [-0.25, -0.2) is 4.79 Å². The molecule has 2 fully saturated rings. The molecular weight excluding hydrogens is 338 g/mol. The van der Waals surface area contributed by atoms with Crippen LogP contribution >= 0.6 is 11.8 Å². The van der Waals surface area contributed by atoms with Gasteiger partial charge in [-0.15, -0.1) is 11.8 Å². The highest BCUT2D eigenvalue weighted by molar-refractivity contribution is 7.99. The Morgan fingerprint density at radius 3 is 2.64 bits per heavy atom. The summed E-state index contributed by atoms with van der Waals surface area (Å²) >= 11 is 1.68. The number of hydrogen-bond donors (Lipinski definition) is 2. The Bertz CT molecular complexity index is 644. The number of thioether (sulfide) groups is 1. The minimum absolute atomic E-state index is 0.137. The minimum Gasteiger partial charge on any atom is -0.355 e. The van der Waals surface area contributed by atoms with Gasteiger partial charge in [0, 0.05) is 30.2 Å². The van der Waals surface area contributed by atoms with Gasteiger partial charge >= 0.3 is 6.03 Å². The van der Waals surface area contributed by atoms with E-state index in [1.165, 1.54) is 4.90 Å². The molecule has 0 radical (unpaired) electrons. The van der Waals surface area contributed by atoms with E-state index in [2.05, 4.69) is 10.6 Å². The molecule has 0 aromatic heterocycles. The van der Waals surface area contributed by atoms with Crippen molar-refractivity contribution in [1.82, 2.24) is 15.5 Å². The molecule has 2 aliphatic rings. The van der Waals surface area contributed by atoms with Gasteiger partial charge in [0.1, 0.15) is 5.54 Å². The third-order valence-corrected chi connectivity index (χ3v) is 5.72. The predicted octanol–water partition coefficient (Wildman–Crippen LogP) is 2.15. The van der Waals surface area contributed by atoms with Crippen molar-refractivity contribution in [2.75, 3.05) is 18.8 Å². The smallest absolute Gasteiger partial charge is 0.325 e. The van der Waals surface area contributed by atoms with Crippen molar-refractivity contribution in [2.45, 2.75) is 42.5 Å². The van der Waals surface area contributed by atoms with Gasteiger partial charge in [-0.3, -0.25) is 14.5 Å². The molecule has 134 valence electrons. The number of benzene rings is 1. The molecule has 1 aliphatic heterocycles. The molecule has 7 heteroatoms. The fourth-order valence-electron chi connectivity index (χ4n) is 3.37. The van der Waals surface area contributed by atoms with E-state index < -0.39 is 5.54 Å². The van der Waals surface area contributed by atoms with Crippen LogP contribution in [0.5, 0.6) is 0 Å². The number of carbonyl (C=O) groups is 3. The summed E-state index contributed by atoms with van der Waals surface area (Å²) in [6.07, 6.45) is 3.47. The van der Waals surface area contributed by atoms with Crippen molar-refractivity contribution in [3.63, 3.8) is 0 Å². The highest BCUT2D eigenvalue weighted by Crippen LogP contribution is 2.34. The molecule has 1 aromatic rings. The molecule has 2 N–H and O–H groups in total. The zero-order valence-electron chi connectivity index (χ0n) is 14.1. The van der Waals surface area contributed by atoms with Crippen LogP contribution in [0.3, 0.4) is 0 Å². The molecule has 0 unspecified atom stereocenters. The van der Waals surface area contributed by atoms with Crippen LogP contribution in [0.4, 0.5) is 4.79 Å². The second kappa shape index (κ2) is 7.91. The Kier molecular flexibility index (Phi) is 5.63. The highest BCUT2D eigenvalue weighted by Gasteiger charge is 2.52. The molecule has 1 heterocycles. The van der Waals surface area contributed by atoms with Crippen LogP contribution in [0.1, 0.15) is 32.1 Å². The molecule has 1 saturated heterocycles. The molecule has 3 rings (SSSR count). The van der Waals surface area contributed by atoms with E-state index in [0.717, 1.165) is 23.5 Å². The van der Waals surface area contributed by atoms with Crippen molar-refractivity contribution in [1.29, 1.82) is 0 Å². The summed E-state index contributed by atoms with van der Waals surface area (Å²) in [6.45, 7) is 0.701. The quantitative estimate of drug-likeness (QED) is 0.443. The van der Waals surface area contributed by atoms with E-state index in [-0.39, 0.29) is 30.8 Å². The van der Waals surface area contributed by atoms with E-state index in [9.17, 15) is 14.4 Å². The van der Waals surface area contributed by atoms with E-state index >= 15 is 0 Å². The highest BCUT2D eigenvalue weighted by atomic mass is 32.2. The van der Waals surface area contributed by atoms with Crippen LogP contribution in [0.2, 0.25) is 0 Å². The Labute approximate surface area is 151 Å². The van der Waals surface area contributed by atoms with Crippen LogP contribution in [-0.4, -0.2) is 47.1 Å². The molecule has 1 aromatic carbocycles. The Balaban J connectivity index is 1.37. The van der Waals surface area contributed by atoms with Crippen LogP contribution in [0, 0.1) is 0 Å². The van der Waals surface area contributed by atoms with Crippen molar-refractivity contribution in [3.05, 3.63) is 30.3 Å². The Hall–Kier alpha value is -2.02. The summed E-state index contributed by atoms with van der Waals surface area (Å²) in [5.74, 6) is 0.478. The maximum absolute atomic E-state index is 12.5. The fourth-order valence-corrected chi connectivity index (χ4v) is 4.16. The summed E-state index contributed by atoms with van der Waals surface area (Å²) in [6, 6.07) is 9.63. The van der Waals surface area contributed by atoms with Gasteiger partial charge in [0.15, 0.2) is 0 Å². The molecule has 1 saturated carbocycles. The monoisotopic (exact) mass is 361 g/mol. The molecule has 4 amide bonds. The zero-order chi connectivity index (χ0) is 17.7. The van der Waals surface area contributed by atoms with Crippen LogP contribution in [-0.2, 0) is 9.59 Å². The summed E-state index contributed by atoms with van der Waals surface area (Å²) in [4.78, 5) is 38.8. The molecule has 6 nitrogen and oxygen atoms in total. The van der Waals surface area contributed by atoms with E-state index in [4.69, 9.17) is 0 Å². The molecule has 0 atom stereocenters. The maximum atomic E-state index is 12.5. The van der Waals surface area contributed by atoms with Gasteiger partial charge in [0.25, 0.3) is 5.91 Å². The lowest BCUT2D eigenvalue weighted by atomic mass is 9.98. The Morgan fingerprint density at radius 2 is 1.92 bits per heavy atom. The minimum atomic E-state index is -0.695. The topological polar surface area (TPSA) is 78.5 Å². The number of imide groups is 1. The van der Waals surface area contributed by atoms with E-state index in [0.29, 0.717) is 19.4 Å². The van der Waals surface area contributed by atoms with Gasteiger partial charge in [0.2, 0.25) is 5.91 Å².